The van der Waals surface area contributed by atoms with Gasteiger partial charge in [0, 0.05) is 8.07 Å². The molecule has 0 spiro atoms. The maximum Gasteiger partial charge on any atom is 0.461 e. The van der Waals surface area contributed by atoms with Gasteiger partial charge in [0.05, 0.1) is 11.2 Å². The molecule has 1 aliphatic heterocycles. The fourth-order valence-electron chi connectivity index (χ4n) is 2.57. The van der Waals surface area contributed by atoms with Crippen LogP contribution < -0.4 is 0 Å². The molecule has 0 N–H and O–H groups in total. The van der Waals surface area contributed by atoms with Gasteiger partial charge < -0.3 is 9.31 Å². The van der Waals surface area contributed by atoms with Gasteiger partial charge in [-0.2, -0.15) is 0 Å². The molecule has 4 heteroatoms. The van der Waals surface area contributed by atoms with Crippen LogP contribution in [0.5, 0.6) is 0 Å². The van der Waals surface area contributed by atoms with Gasteiger partial charge in [-0.1, -0.05) is 26.1 Å². The summed E-state index contributed by atoms with van der Waals surface area (Å²) in [5.41, 5.74) is 0.566. The van der Waals surface area contributed by atoms with Crippen molar-refractivity contribution in [1.29, 1.82) is 0 Å². The van der Waals surface area contributed by atoms with E-state index in [-0.39, 0.29) is 18.3 Å². The van der Waals surface area contributed by atoms with E-state index in [0.29, 0.717) is 5.82 Å². The van der Waals surface area contributed by atoms with E-state index >= 15 is 0 Å². The average Bonchev–Trinajstić information content (AvgIpc) is 2.73. The lowest BCUT2D eigenvalue weighted by Gasteiger charge is -2.32. The largest absolute Gasteiger partial charge is 0.461 e. The molecule has 2 rings (SSSR count). The molecule has 0 amide bonds. The van der Waals surface area contributed by atoms with Gasteiger partial charge >= 0.3 is 7.12 Å². The lowest BCUT2D eigenvalue weighted by Crippen LogP contribution is -2.41. The number of rotatable bonds is 2. The molecular formula is C12H25BO2Si. The Bertz CT molecular complexity index is 280. The highest BCUT2D eigenvalue weighted by atomic mass is 28.3. The van der Waals surface area contributed by atoms with Gasteiger partial charge in [-0.15, -0.1) is 0 Å². The maximum absolute atomic E-state index is 6.11. The van der Waals surface area contributed by atoms with Gasteiger partial charge in [0.15, 0.2) is 0 Å². The predicted molar refractivity (Wildman–Crippen MR) is 71.5 cm³/mol. The summed E-state index contributed by atoms with van der Waals surface area (Å²) in [6, 6.07) is 0. The van der Waals surface area contributed by atoms with Crippen molar-refractivity contribution in [1.82, 2.24) is 0 Å². The molecule has 1 heterocycles. The second kappa shape index (κ2) is 3.36. The molecular weight excluding hydrogens is 215 g/mol. The van der Waals surface area contributed by atoms with Crippen molar-refractivity contribution >= 4 is 15.2 Å². The molecule has 1 aliphatic carbocycles. The predicted octanol–water partition coefficient (Wildman–Crippen LogP) is 3.56. The molecule has 0 aromatic heterocycles. The minimum absolute atomic E-state index is 0.0433. The first-order valence-electron chi connectivity index (χ1n) is 6.40. The quantitative estimate of drug-likeness (QED) is 0.687. The zero-order valence-corrected chi connectivity index (χ0v) is 12.8. The molecule has 2 atom stereocenters. The highest BCUT2D eigenvalue weighted by Crippen LogP contribution is 2.61. The van der Waals surface area contributed by atoms with Crippen LogP contribution >= 0.6 is 0 Å². The van der Waals surface area contributed by atoms with Crippen LogP contribution in [0.4, 0.5) is 0 Å². The fourth-order valence-corrected chi connectivity index (χ4v) is 5.00. The van der Waals surface area contributed by atoms with Crippen LogP contribution in [0.25, 0.3) is 0 Å². The molecule has 16 heavy (non-hydrogen) atoms. The van der Waals surface area contributed by atoms with E-state index in [1.165, 1.54) is 6.42 Å². The van der Waals surface area contributed by atoms with Crippen molar-refractivity contribution in [2.24, 2.45) is 0 Å². The third kappa shape index (κ3) is 2.00. The summed E-state index contributed by atoms with van der Waals surface area (Å²) in [4.78, 5) is 0. The van der Waals surface area contributed by atoms with E-state index in [0.717, 1.165) is 5.54 Å². The van der Waals surface area contributed by atoms with E-state index in [1.54, 1.807) is 0 Å². The van der Waals surface area contributed by atoms with Crippen molar-refractivity contribution in [3.63, 3.8) is 0 Å². The lowest BCUT2D eigenvalue weighted by molar-refractivity contribution is 0.00578. The van der Waals surface area contributed by atoms with Crippen LogP contribution in [0.1, 0.15) is 34.1 Å². The summed E-state index contributed by atoms with van der Waals surface area (Å²) < 4.78 is 12.2. The summed E-state index contributed by atoms with van der Waals surface area (Å²) >= 11 is 0. The molecule has 0 bridgehead atoms. The SMILES string of the molecule is CC1(C)OB([C@H]2C[C@H]2[Si](C)(C)C)OC1(C)C. The molecule has 2 nitrogen and oxygen atoms in total. The van der Waals surface area contributed by atoms with Crippen LogP contribution in [0, 0.1) is 0 Å². The standard InChI is InChI=1S/C12H25BO2Si/c1-11(2)12(3,4)15-13(14-11)9-8-10(9)16(5,6)7/h9-10H,8H2,1-7H3/t9-,10+/m0/s1. The minimum atomic E-state index is -1.01. The van der Waals surface area contributed by atoms with Crippen molar-refractivity contribution < 1.29 is 9.31 Å². The van der Waals surface area contributed by atoms with Crippen LogP contribution in [0.2, 0.25) is 31.0 Å². The third-order valence-electron chi connectivity index (χ3n) is 4.57. The summed E-state index contributed by atoms with van der Waals surface area (Å²) in [7, 11) is -0.963. The van der Waals surface area contributed by atoms with Crippen LogP contribution in [-0.4, -0.2) is 26.4 Å². The van der Waals surface area contributed by atoms with E-state index in [1.807, 2.05) is 0 Å². The summed E-state index contributed by atoms with van der Waals surface area (Å²) in [5, 5.41) is 0. The first-order chi connectivity index (χ1) is 7.05. The molecule has 0 aromatic rings. The van der Waals surface area contributed by atoms with E-state index in [9.17, 15) is 0 Å². The van der Waals surface area contributed by atoms with Crippen molar-refractivity contribution in [2.75, 3.05) is 0 Å². The zero-order chi connectivity index (χ0) is 12.4. The Morgan fingerprint density at radius 2 is 1.44 bits per heavy atom. The Kier molecular flexibility index (Phi) is 2.66. The fraction of sp³-hybridized carbons (Fsp3) is 1.00. The molecule has 1 saturated carbocycles. The summed E-state index contributed by atoms with van der Waals surface area (Å²) in [6.07, 6.45) is 1.31. The van der Waals surface area contributed by atoms with E-state index in [2.05, 4.69) is 47.3 Å². The van der Waals surface area contributed by atoms with Gasteiger partial charge in [-0.3, -0.25) is 0 Å². The molecule has 1 saturated heterocycles. The van der Waals surface area contributed by atoms with Gasteiger partial charge in [0.2, 0.25) is 0 Å². The van der Waals surface area contributed by atoms with Crippen LogP contribution in [0.15, 0.2) is 0 Å². The Morgan fingerprint density at radius 3 is 1.75 bits per heavy atom. The molecule has 0 aromatic carbocycles. The monoisotopic (exact) mass is 240 g/mol. The van der Waals surface area contributed by atoms with Gasteiger partial charge in [0.25, 0.3) is 0 Å². The molecule has 92 valence electrons. The van der Waals surface area contributed by atoms with Crippen LogP contribution in [0.3, 0.4) is 0 Å². The smallest absolute Gasteiger partial charge is 0.403 e. The van der Waals surface area contributed by atoms with E-state index in [4.69, 9.17) is 9.31 Å². The highest BCUT2D eigenvalue weighted by molar-refractivity contribution is 6.80. The highest BCUT2D eigenvalue weighted by Gasteiger charge is 2.61. The van der Waals surface area contributed by atoms with Gasteiger partial charge in [-0.05, 0) is 39.1 Å². The van der Waals surface area contributed by atoms with Gasteiger partial charge in [-0.25, -0.2) is 0 Å². The molecule has 2 aliphatic rings. The first-order valence-corrected chi connectivity index (χ1v) is 9.98. The zero-order valence-electron chi connectivity index (χ0n) is 11.8. The Morgan fingerprint density at radius 1 is 1.00 bits per heavy atom. The topological polar surface area (TPSA) is 18.5 Å². The number of hydrogen-bond donors (Lipinski definition) is 0. The Balaban J connectivity index is 2.02. The molecule has 2 fully saturated rings. The molecule has 0 unspecified atom stereocenters. The lowest BCUT2D eigenvalue weighted by atomic mass is 9.82. The second-order valence-electron chi connectivity index (χ2n) is 7.50. The Hall–Kier alpha value is 0.202. The molecule has 0 radical (unpaired) electrons. The first kappa shape index (κ1) is 12.7. The summed E-state index contributed by atoms with van der Waals surface area (Å²) in [5.74, 6) is 0.660. The van der Waals surface area contributed by atoms with Crippen molar-refractivity contribution in [3.8, 4) is 0 Å². The average molecular weight is 240 g/mol. The normalized spacial score (nSPS) is 36.6. The van der Waals surface area contributed by atoms with Crippen molar-refractivity contribution in [3.05, 3.63) is 0 Å². The van der Waals surface area contributed by atoms with Crippen molar-refractivity contribution in [2.45, 2.75) is 76.3 Å². The summed E-state index contributed by atoms with van der Waals surface area (Å²) in [6.45, 7) is 15.9. The number of hydrogen-bond acceptors (Lipinski definition) is 2. The Labute approximate surface area is 101 Å². The van der Waals surface area contributed by atoms with Gasteiger partial charge in [0.1, 0.15) is 0 Å². The minimum Gasteiger partial charge on any atom is -0.403 e. The van der Waals surface area contributed by atoms with E-state index < -0.39 is 8.07 Å². The maximum atomic E-state index is 6.11. The third-order valence-corrected chi connectivity index (χ3v) is 7.46. The van der Waals surface area contributed by atoms with Crippen LogP contribution in [-0.2, 0) is 9.31 Å². The second-order valence-corrected chi connectivity index (χ2v) is 13.0.